The number of carbonyl (C=O) groups excluding carboxylic acids is 1. The molecule has 2 aliphatic heterocycles. The lowest BCUT2D eigenvalue weighted by atomic mass is 10.0. The monoisotopic (exact) mass is 346 g/mol. The van der Waals surface area contributed by atoms with Gasteiger partial charge in [-0.3, -0.25) is 0 Å². The Morgan fingerprint density at radius 3 is 2.60 bits per heavy atom. The Morgan fingerprint density at radius 1 is 1.20 bits per heavy atom. The normalized spacial score (nSPS) is 22.3. The van der Waals surface area contributed by atoms with Crippen molar-refractivity contribution < 1.29 is 9.53 Å². The zero-order valence-electron chi connectivity index (χ0n) is 15.9. The number of likely N-dealkylation sites (N-methyl/N-ethyl adjacent to an activating group) is 1. The molecule has 6 heteroatoms. The van der Waals surface area contributed by atoms with Crippen molar-refractivity contribution in [1.29, 1.82) is 0 Å². The fourth-order valence-electron chi connectivity index (χ4n) is 3.58. The van der Waals surface area contributed by atoms with Crippen LogP contribution in [0.1, 0.15) is 45.2 Å². The Morgan fingerprint density at radius 2 is 1.92 bits per heavy atom. The third-order valence-electron chi connectivity index (χ3n) is 4.86. The Kier molecular flexibility index (Phi) is 5.18. The van der Waals surface area contributed by atoms with Crippen molar-refractivity contribution in [3.63, 3.8) is 0 Å². The number of ether oxygens (including phenoxy) is 1. The highest BCUT2D eigenvalue weighted by atomic mass is 16.6. The molecule has 1 aromatic rings. The van der Waals surface area contributed by atoms with Gasteiger partial charge in [0.25, 0.3) is 0 Å². The van der Waals surface area contributed by atoms with Gasteiger partial charge in [-0.25, -0.2) is 9.78 Å². The number of hydrogen-bond donors (Lipinski definition) is 0. The van der Waals surface area contributed by atoms with Crippen LogP contribution >= 0.6 is 0 Å². The Balaban J connectivity index is 1.82. The number of amides is 1. The average molecular weight is 346 g/mol. The van der Waals surface area contributed by atoms with E-state index in [1.807, 2.05) is 37.9 Å². The van der Waals surface area contributed by atoms with E-state index in [2.05, 4.69) is 27.9 Å². The molecule has 0 aromatic carbocycles. The summed E-state index contributed by atoms with van der Waals surface area (Å²) in [6, 6.07) is 4.15. The summed E-state index contributed by atoms with van der Waals surface area (Å²) in [4.78, 5) is 23.9. The highest BCUT2D eigenvalue weighted by Gasteiger charge is 2.35. The standard InChI is InChI=1S/C19H30N4O2/c1-19(2,3)25-18(24)23-10-6-8-16(23)15-7-5-9-20-17(15)22-13-11-21(4)12-14-22/h5,7,9,16H,6,8,10-14H2,1-4H3. The largest absolute Gasteiger partial charge is 0.444 e. The van der Waals surface area contributed by atoms with E-state index in [1.54, 1.807) is 0 Å². The Bertz CT molecular complexity index is 606. The minimum absolute atomic E-state index is 0.0539. The van der Waals surface area contributed by atoms with E-state index in [0.717, 1.165) is 56.9 Å². The maximum absolute atomic E-state index is 12.6. The zero-order valence-corrected chi connectivity index (χ0v) is 15.9. The molecule has 2 saturated heterocycles. The van der Waals surface area contributed by atoms with E-state index in [-0.39, 0.29) is 12.1 Å². The van der Waals surface area contributed by atoms with Crippen molar-refractivity contribution in [1.82, 2.24) is 14.8 Å². The summed E-state index contributed by atoms with van der Waals surface area (Å²) in [5.41, 5.74) is 0.676. The molecule has 0 radical (unpaired) electrons. The molecule has 3 rings (SSSR count). The number of likely N-dealkylation sites (tertiary alicyclic amines) is 1. The highest BCUT2D eigenvalue weighted by Crippen LogP contribution is 2.37. The number of aromatic nitrogens is 1. The van der Waals surface area contributed by atoms with Crippen LogP contribution in [0.3, 0.4) is 0 Å². The van der Waals surface area contributed by atoms with E-state index in [4.69, 9.17) is 4.74 Å². The minimum atomic E-state index is -0.473. The fourth-order valence-corrected chi connectivity index (χ4v) is 3.58. The molecule has 0 spiro atoms. The van der Waals surface area contributed by atoms with Crippen molar-refractivity contribution in [2.24, 2.45) is 0 Å². The second-order valence-electron chi connectivity index (χ2n) is 8.04. The predicted molar refractivity (Wildman–Crippen MR) is 98.9 cm³/mol. The van der Waals surface area contributed by atoms with Crippen LogP contribution < -0.4 is 4.90 Å². The van der Waals surface area contributed by atoms with Gasteiger partial charge in [-0.1, -0.05) is 6.07 Å². The van der Waals surface area contributed by atoms with Crippen molar-refractivity contribution >= 4 is 11.9 Å². The lowest BCUT2D eigenvalue weighted by Gasteiger charge is -2.36. The van der Waals surface area contributed by atoms with Gasteiger partial charge < -0.3 is 19.4 Å². The van der Waals surface area contributed by atoms with E-state index >= 15 is 0 Å². The van der Waals surface area contributed by atoms with Crippen LogP contribution in [0, 0.1) is 0 Å². The first-order valence-electron chi connectivity index (χ1n) is 9.23. The molecular weight excluding hydrogens is 316 g/mol. The van der Waals surface area contributed by atoms with E-state index in [9.17, 15) is 4.79 Å². The van der Waals surface area contributed by atoms with E-state index < -0.39 is 5.60 Å². The molecule has 0 saturated carbocycles. The summed E-state index contributed by atoms with van der Waals surface area (Å²) in [6.07, 6.45) is 3.60. The van der Waals surface area contributed by atoms with Crippen molar-refractivity contribution in [2.75, 3.05) is 44.7 Å². The quantitative estimate of drug-likeness (QED) is 0.824. The second-order valence-corrected chi connectivity index (χ2v) is 8.04. The maximum Gasteiger partial charge on any atom is 0.410 e. The van der Waals surface area contributed by atoms with Crippen LogP contribution in [0.5, 0.6) is 0 Å². The number of piperazine rings is 1. The van der Waals surface area contributed by atoms with Crippen LogP contribution in [0.15, 0.2) is 18.3 Å². The smallest absolute Gasteiger partial charge is 0.410 e. The molecule has 1 atom stereocenters. The van der Waals surface area contributed by atoms with Gasteiger partial charge in [-0.05, 0) is 46.7 Å². The highest BCUT2D eigenvalue weighted by molar-refractivity contribution is 5.70. The number of rotatable bonds is 2. The van der Waals surface area contributed by atoms with E-state index in [0.29, 0.717) is 0 Å². The van der Waals surface area contributed by atoms with Gasteiger partial charge in [0.2, 0.25) is 0 Å². The number of carbonyl (C=O) groups is 1. The minimum Gasteiger partial charge on any atom is -0.444 e. The molecule has 1 unspecified atom stereocenters. The summed E-state index contributed by atoms with van der Waals surface area (Å²) >= 11 is 0. The number of nitrogens with zero attached hydrogens (tertiary/aromatic N) is 4. The number of anilines is 1. The third kappa shape index (κ3) is 4.24. The summed E-state index contributed by atoms with van der Waals surface area (Å²) in [7, 11) is 2.15. The van der Waals surface area contributed by atoms with Gasteiger partial charge in [-0.15, -0.1) is 0 Å². The molecule has 25 heavy (non-hydrogen) atoms. The van der Waals surface area contributed by atoms with Gasteiger partial charge in [-0.2, -0.15) is 0 Å². The molecule has 2 fully saturated rings. The Labute approximate surface area is 150 Å². The molecule has 138 valence electrons. The molecule has 6 nitrogen and oxygen atoms in total. The SMILES string of the molecule is CN1CCN(c2ncccc2C2CCCN2C(=O)OC(C)(C)C)CC1. The summed E-state index contributed by atoms with van der Waals surface area (Å²) in [5, 5.41) is 0. The molecule has 1 aromatic heterocycles. The first-order valence-corrected chi connectivity index (χ1v) is 9.23. The maximum atomic E-state index is 12.6. The molecular formula is C19H30N4O2. The molecule has 2 aliphatic rings. The van der Waals surface area contributed by atoms with E-state index in [1.165, 1.54) is 0 Å². The number of pyridine rings is 1. The lowest BCUT2D eigenvalue weighted by molar-refractivity contribution is 0.0224. The van der Waals surface area contributed by atoms with Gasteiger partial charge in [0, 0.05) is 44.5 Å². The fraction of sp³-hybridized carbons (Fsp3) is 0.684. The van der Waals surface area contributed by atoms with Crippen molar-refractivity contribution in [2.45, 2.75) is 45.3 Å². The summed E-state index contributed by atoms with van der Waals surface area (Å²) < 4.78 is 5.62. The van der Waals surface area contributed by atoms with Crippen molar-refractivity contribution in [3.8, 4) is 0 Å². The van der Waals surface area contributed by atoms with Gasteiger partial charge in [0.1, 0.15) is 11.4 Å². The van der Waals surface area contributed by atoms with Crippen LogP contribution in [0.4, 0.5) is 10.6 Å². The van der Waals surface area contributed by atoms with Crippen LogP contribution in [0.2, 0.25) is 0 Å². The zero-order chi connectivity index (χ0) is 18.0. The van der Waals surface area contributed by atoms with Gasteiger partial charge >= 0.3 is 6.09 Å². The average Bonchev–Trinajstić information content (AvgIpc) is 3.04. The molecule has 3 heterocycles. The first kappa shape index (κ1) is 18.0. The van der Waals surface area contributed by atoms with Crippen LogP contribution in [-0.2, 0) is 4.74 Å². The third-order valence-corrected chi connectivity index (χ3v) is 4.86. The molecule has 0 aliphatic carbocycles. The Hall–Kier alpha value is -1.82. The van der Waals surface area contributed by atoms with Crippen LogP contribution in [-0.4, -0.2) is 66.2 Å². The summed E-state index contributed by atoms with van der Waals surface area (Å²) in [6.45, 7) is 10.5. The topological polar surface area (TPSA) is 48.9 Å². The van der Waals surface area contributed by atoms with Crippen molar-refractivity contribution in [3.05, 3.63) is 23.9 Å². The second kappa shape index (κ2) is 7.20. The predicted octanol–water partition coefficient (Wildman–Crippen LogP) is 2.91. The molecule has 1 amide bonds. The number of hydrogen-bond acceptors (Lipinski definition) is 5. The molecule has 0 N–H and O–H groups in total. The first-order chi connectivity index (χ1) is 11.8. The lowest BCUT2D eigenvalue weighted by Crippen LogP contribution is -2.45. The van der Waals surface area contributed by atoms with Gasteiger partial charge in [0.05, 0.1) is 6.04 Å². The van der Waals surface area contributed by atoms with Crippen LogP contribution in [0.25, 0.3) is 0 Å². The summed E-state index contributed by atoms with van der Waals surface area (Å²) in [5.74, 6) is 1.02. The molecule has 0 bridgehead atoms. The van der Waals surface area contributed by atoms with Gasteiger partial charge in [0.15, 0.2) is 0 Å².